The lowest BCUT2D eigenvalue weighted by Gasteiger charge is -2.05. The Hall–Kier alpha value is -2.36. The molecule has 4 nitrogen and oxygen atoms in total. The van der Waals surface area contributed by atoms with E-state index in [-0.39, 0.29) is 11.4 Å². The number of nitrogens with zero attached hydrogens (tertiary/aromatic N) is 1. The molecule has 0 fully saturated rings. The number of methoxy groups -OCH3 is 1. The highest BCUT2D eigenvalue weighted by molar-refractivity contribution is 5.94. The van der Waals surface area contributed by atoms with Gasteiger partial charge in [-0.15, -0.1) is 0 Å². The third kappa shape index (κ3) is 2.25. The molecule has 86 valence electrons. The second kappa shape index (κ2) is 4.65. The van der Waals surface area contributed by atoms with Crippen LogP contribution in [-0.2, 0) is 4.74 Å². The number of hydrogen-bond donors (Lipinski definition) is 1. The van der Waals surface area contributed by atoms with Crippen molar-refractivity contribution in [1.29, 1.82) is 0 Å². The summed E-state index contributed by atoms with van der Waals surface area (Å²) in [5.41, 5.74) is 7.69. The number of carbonyl (C=O) groups excluding carboxylic acids is 1. The van der Waals surface area contributed by atoms with Gasteiger partial charge in [0.05, 0.1) is 12.8 Å². The normalized spacial score (nSPS) is 9.94. The van der Waals surface area contributed by atoms with Crippen molar-refractivity contribution >= 4 is 11.8 Å². The van der Waals surface area contributed by atoms with E-state index < -0.39 is 5.97 Å². The van der Waals surface area contributed by atoms with Crippen molar-refractivity contribution in [3.8, 4) is 11.3 Å². The van der Waals surface area contributed by atoms with E-state index in [0.717, 1.165) is 11.3 Å². The number of nitrogen functional groups attached to an aromatic ring is 1. The summed E-state index contributed by atoms with van der Waals surface area (Å²) in [6, 6.07) is 13.0. The Morgan fingerprint density at radius 2 is 1.88 bits per heavy atom. The van der Waals surface area contributed by atoms with Gasteiger partial charge in [-0.3, -0.25) is 0 Å². The van der Waals surface area contributed by atoms with Crippen LogP contribution in [0.3, 0.4) is 0 Å². The Kier molecular flexibility index (Phi) is 3.05. The quantitative estimate of drug-likeness (QED) is 0.799. The summed E-state index contributed by atoms with van der Waals surface area (Å²) >= 11 is 0. The van der Waals surface area contributed by atoms with Gasteiger partial charge >= 0.3 is 5.97 Å². The third-order valence-corrected chi connectivity index (χ3v) is 2.40. The van der Waals surface area contributed by atoms with Crippen LogP contribution in [0.1, 0.15) is 10.4 Å². The van der Waals surface area contributed by atoms with E-state index >= 15 is 0 Å². The van der Waals surface area contributed by atoms with Crippen molar-refractivity contribution in [3.63, 3.8) is 0 Å². The number of hydrogen-bond acceptors (Lipinski definition) is 4. The Balaban J connectivity index is 2.41. The Morgan fingerprint density at radius 1 is 1.18 bits per heavy atom. The van der Waals surface area contributed by atoms with Crippen molar-refractivity contribution in [1.82, 2.24) is 4.98 Å². The first-order chi connectivity index (χ1) is 8.22. The van der Waals surface area contributed by atoms with Crippen LogP contribution in [0.15, 0.2) is 42.5 Å². The van der Waals surface area contributed by atoms with E-state index in [9.17, 15) is 4.79 Å². The number of aromatic nitrogens is 1. The molecule has 1 aromatic heterocycles. The maximum absolute atomic E-state index is 11.3. The molecule has 0 saturated heterocycles. The fourth-order valence-electron chi connectivity index (χ4n) is 1.53. The molecule has 0 aliphatic carbocycles. The van der Waals surface area contributed by atoms with Crippen LogP contribution in [-0.4, -0.2) is 18.1 Å². The van der Waals surface area contributed by atoms with Crippen molar-refractivity contribution in [2.45, 2.75) is 0 Å². The molecule has 0 atom stereocenters. The standard InChI is InChI=1S/C13H12N2O2/c1-17-13(16)10-7-8-11(15-12(10)14)9-5-3-2-4-6-9/h2-8H,1H3,(H2,14,15). The molecule has 0 bridgehead atoms. The summed E-state index contributed by atoms with van der Waals surface area (Å²) in [4.78, 5) is 15.5. The number of benzene rings is 1. The van der Waals surface area contributed by atoms with Crippen molar-refractivity contribution < 1.29 is 9.53 Å². The fourth-order valence-corrected chi connectivity index (χ4v) is 1.53. The minimum absolute atomic E-state index is 0.179. The monoisotopic (exact) mass is 228 g/mol. The molecule has 2 N–H and O–H groups in total. The largest absolute Gasteiger partial charge is 0.465 e. The molecule has 0 unspecified atom stereocenters. The summed E-state index contributed by atoms with van der Waals surface area (Å²) in [5.74, 6) is -0.298. The second-order valence-electron chi connectivity index (χ2n) is 3.49. The molecule has 17 heavy (non-hydrogen) atoms. The van der Waals surface area contributed by atoms with E-state index in [4.69, 9.17) is 5.73 Å². The van der Waals surface area contributed by atoms with Crippen LogP contribution in [0.5, 0.6) is 0 Å². The lowest BCUT2D eigenvalue weighted by Crippen LogP contribution is -2.07. The van der Waals surface area contributed by atoms with Gasteiger partial charge in [0.25, 0.3) is 0 Å². The molecular formula is C13H12N2O2. The Morgan fingerprint density at radius 3 is 2.47 bits per heavy atom. The first-order valence-corrected chi connectivity index (χ1v) is 5.12. The zero-order valence-corrected chi connectivity index (χ0v) is 9.38. The van der Waals surface area contributed by atoms with E-state index in [0.29, 0.717) is 0 Å². The van der Waals surface area contributed by atoms with Crippen molar-refractivity contribution in [2.24, 2.45) is 0 Å². The average Bonchev–Trinajstić information content (AvgIpc) is 2.39. The molecule has 4 heteroatoms. The number of nitrogens with two attached hydrogens (primary N) is 1. The minimum atomic E-state index is -0.477. The molecule has 0 saturated carbocycles. The number of esters is 1. The summed E-state index contributed by atoms with van der Waals surface area (Å²) in [7, 11) is 1.31. The Labute approximate surface area is 99.1 Å². The van der Waals surface area contributed by atoms with Gasteiger partial charge in [0.15, 0.2) is 0 Å². The second-order valence-corrected chi connectivity index (χ2v) is 3.49. The maximum Gasteiger partial charge on any atom is 0.341 e. The maximum atomic E-state index is 11.3. The fraction of sp³-hybridized carbons (Fsp3) is 0.0769. The summed E-state index contributed by atoms with van der Waals surface area (Å²) in [5, 5.41) is 0. The van der Waals surface area contributed by atoms with Gasteiger partial charge in [0.1, 0.15) is 11.4 Å². The van der Waals surface area contributed by atoms with Gasteiger partial charge in [-0.05, 0) is 12.1 Å². The van der Waals surface area contributed by atoms with Crippen LogP contribution < -0.4 is 5.73 Å². The molecule has 1 heterocycles. The lowest BCUT2D eigenvalue weighted by molar-refractivity contribution is 0.0601. The first-order valence-electron chi connectivity index (χ1n) is 5.12. The van der Waals surface area contributed by atoms with Gasteiger partial charge < -0.3 is 10.5 Å². The van der Waals surface area contributed by atoms with Crippen LogP contribution in [0.4, 0.5) is 5.82 Å². The molecular weight excluding hydrogens is 216 g/mol. The number of pyridine rings is 1. The third-order valence-electron chi connectivity index (χ3n) is 2.40. The van der Waals surface area contributed by atoms with E-state index in [1.54, 1.807) is 12.1 Å². The number of ether oxygens (including phenoxy) is 1. The zero-order valence-electron chi connectivity index (χ0n) is 9.38. The molecule has 0 aliphatic rings. The summed E-state index contributed by atoms with van der Waals surface area (Å²) in [6.07, 6.45) is 0. The van der Waals surface area contributed by atoms with E-state index in [1.165, 1.54) is 7.11 Å². The zero-order chi connectivity index (χ0) is 12.3. The number of anilines is 1. The summed E-state index contributed by atoms with van der Waals surface area (Å²) < 4.78 is 4.60. The van der Waals surface area contributed by atoms with Crippen LogP contribution in [0.25, 0.3) is 11.3 Å². The Bertz CT molecular complexity index is 538. The molecule has 1 aromatic carbocycles. The first kappa shape index (κ1) is 11.1. The number of rotatable bonds is 2. The molecule has 0 amide bonds. The van der Waals surface area contributed by atoms with E-state index in [2.05, 4.69) is 9.72 Å². The van der Waals surface area contributed by atoms with Gasteiger partial charge in [0.2, 0.25) is 0 Å². The predicted octanol–water partition coefficient (Wildman–Crippen LogP) is 2.12. The van der Waals surface area contributed by atoms with Crippen LogP contribution in [0, 0.1) is 0 Å². The highest BCUT2D eigenvalue weighted by atomic mass is 16.5. The molecule has 2 aromatic rings. The summed E-state index contributed by atoms with van der Waals surface area (Å²) in [6.45, 7) is 0. The highest BCUT2D eigenvalue weighted by Crippen LogP contribution is 2.20. The highest BCUT2D eigenvalue weighted by Gasteiger charge is 2.11. The van der Waals surface area contributed by atoms with Gasteiger partial charge in [-0.25, -0.2) is 9.78 Å². The molecule has 0 radical (unpaired) electrons. The van der Waals surface area contributed by atoms with Gasteiger partial charge in [-0.2, -0.15) is 0 Å². The van der Waals surface area contributed by atoms with Crippen LogP contribution in [0.2, 0.25) is 0 Å². The SMILES string of the molecule is COC(=O)c1ccc(-c2ccccc2)nc1N. The van der Waals surface area contributed by atoms with Crippen molar-refractivity contribution in [2.75, 3.05) is 12.8 Å². The number of carbonyl (C=O) groups is 1. The lowest BCUT2D eigenvalue weighted by atomic mass is 10.1. The smallest absolute Gasteiger partial charge is 0.341 e. The minimum Gasteiger partial charge on any atom is -0.465 e. The van der Waals surface area contributed by atoms with Crippen molar-refractivity contribution in [3.05, 3.63) is 48.0 Å². The van der Waals surface area contributed by atoms with Crippen LogP contribution >= 0.6 is 0 Å². The average molecular weight is 228 g/mol. The predicted molar refractivity (Wildman–Crippen MR) is 65.4 cm³/mol. The molecule has 0 aliphatic heterocycles. The van der Waals surface area contributed by atoms with E-state index in [1.807, 2.05) is 30.3 Å². The molecule has 0 spiro atoms. The topological polar surface area (TPSA) is 65.2 Å². The molecule has 2 rings (SSSR count). The van der Waals surface area contributed by atoms with Gasteiger partial charge in [-0.1, -0.05) is 30.3 Å². The van der Waals surface area contributed by atoms with Gasteiger partial charge in [0, 0.05) is 5.56 Å².